The molecule has 158 valence electrons. The van der Waals surface area contributed by atoms with E-state index in [2.05, 4.69) is 9.88 Å². The number of para-hydroxylation sites is 1. The Kier molecular flexibility index (Phi) is 5.14. The molecular formula is C21H23N3O4S2. The van der Waals surface area contributed by atoms with E-state index < -0.39 is 10.0 Å². The maximum atomic E-state index is 11.8. The van der Waals surface area contributed by atoms with Gasteiger partial charge in [0.1, 0.15) is 18.1 Å². The first-order valence-electron chi connectivity index (χ1n) is 9.93. The lowest BCUT2D eigenvalue weighted by Crippen LogP contribution is -2.49. The van der Waals surface area contributed by atoms with E-state index in [9.17, 15) is 8.42 Å². The Morgan fingerprint density at radius 1 is 1.07 bits per heavy atom. The number of hydrogen-bond donors (Lipinski definition) is 0. The lowest BCUT2D eigenvalue weighted by molar-refractivity contribution is 0.153. The van der Waals surface area contributed by atoms with Crippen LogP contribution in [0.4, 0.5) is 0 Å². The molecule has 0 radical (unpaired) electrons. The number of hydrogen-bond acceptors (Lipinski definition) is 7. The fourth-order valence-corrected chi connectivity index (χ4v) is 6.25. The quantitative estimate of drug-likeness (QED) is 0.556. The number of benzene rings is 2. The first-order chi connectivity index (χ1) is 14.5. The summed E-state index contributed by atoms with van der Waals surface area (Å²) in [4.78, 5) is 6.81. The third-order valence-corrected chi connectivity index (χ3v) is 7.89. The SMILES string of the molecule is CS(=O)(=O)N1C[C@H]2C[C@@H]1CN2CCOc1ccc(Oc2nc3ccccc3s2)cc1. The van der Waals surface area contributed by atoms with Gasteiger partial charge in [-0.2, -0.15) is 4.31 Å². The van der Waals surface area contributed by atoms with Gasteiger partial charge in [-0.1, -0.05) is 23.5 Å². The fraction of sp³-hybridized carbons (Fsp3) is 0.381. The van der Waals surface area contributed by atoms with E-state index in [1.54, 1.807) is 4.31 Å². The number of piperazine rings is 1. The summed E-state index contributed by atoms with van der Waals surface area (Å²) >= 11 is 1.52. The molecule has 0 unspecified atom stereocenters. The molecule has 2 atom stereocenters. The summed E-state index contributed by atoms with van der Waals surface area (Å²) in [7, 11) is -3.10. The van der Waals surface area contributed by atoms with Gasteiger partial charge < -0.3 is 9.47 Å². The summed E-state index contributed by atoms with van der Waals surface area (Å²) in [5, 5.41) is 0.622. The second-order valence-electron chi connectivity index (χ2n) is 7.74. The number of sulfonamides is 1. The molecule has 0 amide bonds. The lowest BCUT2D eigenvalue weighted by atomic mass is 10.2. The van der Waals surface area contributed by atoms with Gasteiger partial charge >= 0.3 is 0 Å². The van der Waals surface area contributed by atoms with Gasteiger partial charge in [-0.25, -0.2) is 13.4 Å². The summed E-state index contributed by atoms with van der Waals surface area (Å²) in [6.45, 7) is 2.75. The normalized spacial score (nSPS) is 22.0. The average molecular weight is 446 g/mol. The Morgan fingerprint density at radius 3 is 2.53 bits per heavy atom. The number of fused-ring (bicyclic) bond motifs is 3. The summed E-state index contributed by atoms with van der Waals surface area (Å²) in [5.74, 6) is 1.51. The standard InChI is InChI=1S/C21H23N3O4S2/c1-30(25,26)24-14-15-12-16(24)13-23(15)10-11-27-17-6-8-18(9-7-17)28-21-22-19-4-2-3-5-20(19)29-21/h2-9,15-16H,10-14H2,1H3/t15-,16-/m1/s1. The maximum Gasteiger partial charge on any atom is 0.279 e. The van der Waals surface area contributed by atoms with Crippen LogP contribution in [0.2, 0.25) is 0 Å². The third-order valence-electron chi connectivity index (χ3n) is 5.68. The van der Waals surface area contributed by atoms with E-state index in [0.29, 0.717) is 24.4 Å². The zero-order chi connectivity index (χ0) is 20.7. The van der Waals surface area contributed by atoms with Crippen LogP contribution in [0.25, 0.3) is 10.2 Å². The summed E-state index contributed by atoms with van der Waals surface area (Å²) < 4.78 is 38.1. The van der Waals surface area contributed by atoms with Gasteiger partial charge in [-0.3, -0.25) is 4.90 Å². The molecule has 0 aliphatic carbocycles. The minimum absolute atomic E-state index is 0.115. The van der Waals surface area contributed by atoms with Gasteiger partial charge in [0, 0.05) is 31.7 Å². The number of thiazole rings is 1. The minimum Gasteiger partial charge on any atom is -0.492 e. The van der Waals surface area contributed by atoms with Crippen molar-refractivity contribution >= 4 is 31.6 Å². The van der Waals surface area contributed by atoms with Crippen LogP contribution < -0.4 is 9.47 Å². The molecule has 5 rings (SSSR count). The van der Waals surface area contributed by atoms with E-state index in [1.807, 2.05) is 48.5 Å². The Balaban J connectivity index is 1.11. The number of aromatic nitrogens is 1. The molecule has 2 saturated heterocycles. The zero-order valence-corrected chi connectivity index (χ0v) is 18.2. The largest absolute Gasteiger partial charge is 0.492 e. The van der Waals surface area contributed by atoms with E-state index in [1.165, 1.54) is 17.6 Å². The van der Waals surface area contributed by atoms with Crippen molar-refractivity contribution in [3.8, 4) is 16.7 Å². The van der Waals surface area contributed by atoms with Gasteiger partial charge in [0.2, 0.25) is 10.0 Å². The monoisotopic (exact) mass is 445 g/mol. The number of ether oxygens (including phenoxy) is 2. The van der Waals surface area contributed by atoms with Gasteiger partial charge in [0.05, 0.1) is 16.5 Å². The molecule has 2 aliphatic heterocycles. The molecule has 2 aliphatic rings. The summed E-state index contributed by atoms with van der Waals surface area (Å²) in [6.07, 6.45) is 2.22. The Labute approximate surface area is 179 Å². The van der Waals surface area contributed by atoms with Crippen LogP contribution in [0.3, 0.4) is 0 Å². The van der Waals surface area contributed by atoms with E-state index in [0.717, 1.165) is 41.2 Å². The Morgan fingerprint density at radius 2 is 1.83 bits per heavy atom. The molecule has 3 aromatic rings. The van der Waals surface area contributed by atoms with Crippen LogP contribution in [0.1, 0.15) is 6.42 Å². The van der Waals surface area contributed by atoms with Crippen LogP contribution in [0.15, 0.2) is 48.5 Å². The van der Waals surface area contributed by atoms with Crippen molar-refractivity contribution in [1.29, 1.82) is 0 Å². The lowest BCUT2D eigenvalue weighted by Gasteiger charge is -2.32. The Hall–Kier alpha value is -2.20. The molecule has 2 fully saturated rings. The van der Waals surface area contributed by atoms with Crippen LogP contribution in [-0.4, -0.2) is 67.2 Å². The van der Waals surface area contributed by atoms with Gasteiger partial charge in [0.15, 0.2) is 0 Å². The molecular weight excluding hydrogens is 422 g/mol. The van der Waals surface area contributed by atoms with Crippen LogP contribution in [-0.2, 0) is 10.0 Å². The predicted molar refractivity (Wildman–Crippen MR) is 117 cm³/mol. The Bertz CT molecular complexity index is 1110. The third kappa shape index (κ3) is 4.02. The predicted octanol–water partition coefficient (Wildman–Crippen LogP) is 3.19. The number of nitrogens with zero attached hydrogens (tertiary/aromatic N) is 3. The highest BCUT2D eigenvalue weighted by molar-refractivity contribution is 7.88. The maximum absolute atomic E-state index is 11.8. The first-order valence-corrected chi connectivity index (χ1v) is 12.6. The minimum atomic E-state index is -3.10. The highest BCUT2D eigenvalue weighted by Crippen LogP contribution is 2.33. The molecule has 9 heteroatoms. The molecule has 0 N–H and O–H groups in total. The fourth-order valence-electron chi connectivity index (χ4n) is 4.27. The first kappa shape index (κ1) is 19.7. The second-order valence-corrected chi connectivity index (χ2v) is 10.7. The van der Waals surface area contributed by atoms with Crippen LogP contribution in [0, 0.1) is 0 Å². The van der Waals surface area contributed by atoms with E-state index in [4.69, 9.17) is 9.47 Å². The molecule has 3 heterocycles. The highest BCUT2D eigenvalue weighted by Gasteiger charge is 2.46. The van der Waals surface area contributed by atoms with Crippen molar-refractivity contribution < 1.29 is 17.9 Å². The highest BCUT2D eigenvalue weighted by atomic mass is 32.2. The van der Waals surface area contributed by atoms with Crippen LogP contribution in [0.5, 0.6) is 16.7 Å². The zero-order valence-electron chi connectivity index (χ0n) is 16.6. The summed E-state index contributed by atoms with van der Waals surface area (Å²) in [6, 6.07) is 15.9. The molecule has 0 spiro atoms. The molecule has 0 saturated carbocycles. The van der Waals surface area contributed by atoms with Crippen molar-refractivity contribution in [2.24, 2.45) is 0 Å². The van der Waals surface area contributed by atoms with Gasteiger partial charge in [-0.05, 0) is 42.8 Å². The van der Waals surface area contributed by atoms with Crippen molar-refractivity contribution in [1.82, 2.24) is 14.2 Å². The van der Waals surface area contributed by atoms with Gasteiger partial charge in [0.25, 0.3) is 5.19 Å². The topological polar surface area (TPSA) is 72.0 Å². The number of likely N-dealkylation sites (tertiary alicyclic amines) is 1. The second kappa shape index (κ2) is 7.81. The van der Waals surface area contributed by atoms with Crippen molar-refractivity contribution in [2.45, 2.75) is 18.5 Å². The van der Waals surface area contributed by atoms with Crippen molar-refractivity contribution in [2.75, 3.05) is 32.5 Å². The van der Waals surface area contributed by atoms with E-state index in [-0.39, 0.29) is 6.04 Å². The average Bonchev–Trinajstić information content (AvgIpc) is 3.42. The molecule has 30 heavy (non-hydrogen) atoms. The van der Waals surface area contributed by atoms with Crippen LogP contribution >= 0.6 is 11.3 Å². The molecule has 7 nitrogen and oxygen atoms in total. The van der Waals surface area contributed by atoms with Crippen molar-refractivity contribution in [3.63, 3.8) is 0 Å². The molecule has 2 bridgehead atoms. The van der Waals surface area contributed by atoms with Gasteiger partial charge in [-0.15, -0.1) is 0 Å². The number of rotatable bonds is 7. The summed E-state index contributed by atoms with van der Waals surface area (Å²) in [5.41, 5.74) is 0.938. The molecule has 1 aromatic heterocycles. The smallest absolute Gasteiger partial charge is 0.279 e. The molecule has 2 aromatic carbocycles. The van der Waals surface area contributed by atoms with Crippen molar-refractivity contribution in [3.05, 3.63) is 48.5 Å². The van der Waals surface area contributed by atoms with E-state index >= 15 is 0 Å².